The summed E-state index contributed by atoms with van der Waals surface area (Å²) < 4.78 is 10.5. The van der Waals surface area contributed by atoms with Crippen molar-refractivity contribution in [2.45, 2.75) is 18.1 Å². The normalized spacial score (nSPS) is 14.0. The van der Waals surface area contributed by atoms with Gasteiger partial charge in [0.15, 0.2) is 6.29 Å². The average molecular weight is 447 g/mol. The monoisotopic (exact) mass is 447 g/mol. The van der Waals surface area contributed by atoms with Crippen molar-refractivity contribution >= 4 is 12.4 Å². The minimum absolute atomic E-state index is 0.0758. The van der Waals surface area contributed by atoms with Crippen LogP contribution in [-0.4, -0.2) is 49.0 Å². The summed E-state index contributed by atoms with van der Waals surface area (Å²) in [5, 5.41) is 23.3. The number of methoxy groups -OCH3 is 1. The summed E-state index contributed by atoms with van der Waals surface area (Å²) in [4.78, 5) is 23.6. The fraction of sp³-hybridized carbons (Fsp3) is 0.231. The van der Waals surface area contributed by atoms with Crippen LogP contribution >= 0.6 is 0 Å². The number of fused-ring (bicyclic) bond motifs is 3. The van der Waals surface area contributed by atoms with Gasteiger partial charge < -0.3 is 25.0 Å². The first-order valence-corrected chi connectivity index (χ1v) is 10.6. The van der Waals surface area contributed by atoms with Gasteiger partial charge in [0.2, 0.25) is 0 Å². The van der Waals surface area contributed by atoms with Crippen LogP contribution in [0.15, 0.2) is 66.7 Å². The van der Waals surface area contributed by atoms with Gasteiger partial charge in [-0.1, -0.05) is 54.6 Å². The van der Waals surface area contributed by atoms with E-state index in [1.165, 1.54) is 19.2 Å². The molecule has 0 bridgehead atoms. The number of aliphatic hydroxyl groups excluding tert-OH is 2. The molecule has 2 unspecified atom stereocenters. The van der Waals surface area contributed by atoms with Gasteiger partial charge in [0.25, 0.3) is 0 Å². The standard InChI is InChI=1S/C26H25NO6/c1-32-17-10-11-18(16(12-17)14-28)25(30)24(29)13-27-26(31)33-15-23-21-8-4-2-6-19(21)20-7-3-5-9-22(20)23/h2-12,14,23-25,29-30H,13,15H2,1H3,(H,27,31). The molecule has 0 spiro atoms. The second kappa shape index (κ2) is 9.85. The smallest absolute Gasteiger partial charge is 0.407 e. The van der Waals surface area contributed by atoms with Gasteiger partial charge in [0.05, 0.1) is 7.11 Å². The summed E-state index contributed by atoms with van der Waals surface area (Å²) >= 11 is 0. The number of carbonyl (C=O) groups excluding carboxylic acids is 2. The number of carbonyl (C=O) groups is 2. The topological polar surface area (TPSA) is 105 Å². The Kier molecular flexibility index (Phi) is 6.72. The largest absolute Gasteiger partial charge is 0.497 e. The quantitative estimate of drug-likeness (QED) is 0.457. The zero-order chi connectivity index (χ0) is 23.4. The molecule has 7 heteroatoms. The zero-order valence-electron chi connectivity index (χ0n) is 18.1. The predicted octanol–water partition coefficient (Wildman–Crippen LogP) is 3.44. The van der Waals surface area contributed by atoms with E-state index in [9.17, 15) is 19.8 Å². The highest BCUT2D eigenvalue weighted by Crippen LogP contribution is 2.44. The van der Waals surface area contributed by atoms with E-state index >= 15 is 0 Å². The maximum absolute atomic E-state index is 12.3. The summed E-state index contributed by atoms with van der Waals surface area (Å²) in [5.41, 5.74) is 4.90. The molecule has 1 aliphatic rings. The van der Waals surface area contributed by atoms with E-state index in [-0.39, 0.29) is 30.2 Å². The third-order valence-corrected chi connectivity index (χ3v) is 5.90. The van der Waals surface area contributed by atoms with E-state index in [0.717, 1.165) is 22.3 Å². The van der Waals surface area contributed by atoms with Gasteiger partial charge in [0, 0.05) is 18.0 Å². The number of amides is 1. The number of rotatable bonds is 8. The van der Waals surface area contributed by atoms with Crippen LogP contribution in [0.25, 0.3) is 11.1 Å². The van der Waals surface area contributed by atoms with Crippen LogP contribution in [-0.2, 0) is 4.74 Å². The molecule has 170 valence electrons. The summed E-state index contributed by atoms with van der Waals surface area (Å²) in [6.45, 7) is -0.103. The highest BCUT2D eigenvalue weighted by molar-refractivity contribution is 5.79. The minimum Gasteiger partial charge on any atom is -0.497 e. The zero-order valence-corrected chi connectivity index (χ0v) is 18.1. The number of alkyl carbamates (subject to hydrolysis) is 1. The molecule has 3 N–H and O–H groups in total. The molecule has 0 saturated heterocycles. The second-order valence-corrected chi connectivity index (χ2v) is 7.83. The van der Waals surface area contributed by atoms with Crippen LogP contribution < -0.4 is 10.1 Å². The Hall–Kier alpha value is -3.68. The minimum atomic E-state index is -1.37. The molecule has 0 fully saturated rings. The second-order valence-electron chi connectivity index (χ2n) is 7.83. The van der Waals surface area contributed by atoms with Gasteiger partial charge in [-0.15, -0.1) is 0 Å². The first-order valence-electron chi connectivity index (χ1n) is 10.6. The van der Waals surface area contributed by atoms with Gasteiger partial charge in [0.1, 0.15) is 24.6 Å². The SMILES string of the molecule is COc1ccc(C(O)C(O)CNC(=O)OCC2c3ccccc3-c3ccccc32)c(C=O)c1. The Bertz CT molecular complexity index is 1120. The summed E-state index contributed by atoms with van der Waals surface area (Å²) in [6, 6.07) is 20.6. The molecule has 0 heterocycles. The van der Waals surface area contributed by atoms with Crippen molar-refractivity contribution in [1.29, 1.82) is 0 Å². The Morgan fingerprint density at radius 2 is 1.67 bits per heavy atom. The van der Waals surface area contributed by atoms with E-state index in [2.05, 4.69) is 17.4 Å². The van der Waals surface area contributed by atoms with Gasteiger partial charge >= 0.3 is 6.09 Å². The van der Waals surface area contributed by atoms with E-state index in [1.54, 1.807) is 6.07 Å². The molecule has 1 amide bonds. The van der Waals surface area contributed by atoms with E-state index in [4.69, 9.17) is 9.47 Å². The number of benzene rings is 3. The molecule has 0 radical (unpaired) electrons. The van der Waals surface area contributed by atoms with Crippen molar-refractivity contribution in [1.82, 2.24) is 5.32 Å². The third kappa shape index (κ3) is 4.60. The van der Waals surface area contributed by atoms with E-state index < -0.39 is 18.3 Å². The molecule has 4 rings (SSSR count). The van der Waals surface area contributed by atoms with Gasteiger partial charge in [-0.25, -0.2) is 4.79 Å². The first kappa shape index (κ1) is 22.5. The molecule has 33 heavy (non-hydrogen) atoms. The molecule has 2 atom stereocenters. The van der Waals surface area contributed by atoms with Gasteiger partial charge in [-0.3, -0.25) is 4.79 Å². The lowest BCUT2D eigenvalue weighted by Gasteiger charge is -2.20. The van der Waals surface area contributed by atoms with Crippen molar-refractivity contribution in [3.05, 3.63) is 89.0 Å². The number of nitrogens with one attached hydrogen (secondary N) is 1. The molecule has 3 aromatic carbocycles. The van der Waals surface area contributed by atoms with E-state index in [1.807, 2.05) is 36.4 Å². The molecular weight excluding hydrogens is 422 g/mol. The lowest BCUT2D eigenvalue weighted by atomic mass is 9.98. The van der Waals surface area contributed by atoms with Crippen LogP contribution in [0.5, 0.6) is 5.75 Å². The molecular formula is C26H25NO6. The van der Waals surface area contributed by atoms with Crippen LogP contribution in [0, 0.1) is 0 Å². The Morgan fingerprint density at radius 1 is 1.03 bits per heavy atom. The van der Waals surface area contributed by atoms with Crippen molar-refractivity contribution in [2.75, 3.05) is 20.3 Å². The fourth-order valence-electron chi connectivity index (χ4n) is 4.21. The molecule has 0 saturated carbocycles. The van der Waals surface area contributed by atoms with Crippen LogP contribution in [0.2, 0.25) is 0 Å². The Balaban J connectivity index is 1.35. The average Bonchev–Trinajstić information content (AvgIpc) is 3.18. The molecule has 3 aromatic rings. The van der Waals surface area contributed by atoms with Gasteiger partial charge in [-0.05, 0) is 39.9 Å². The maximum Gasteiger partial charge on any atom is 0.407 e. The summed E-state index contributed by atoms with van der Waals surface area (Å²) in [6.07, 6.45) is -2.83. The molecule has 0 aliphatic heterocycles. The number of hydrogen-bond donors (Lipinski definition) is 3. The third-order valence-electron chi connectivity index (χ3n) is 5.90. The molecule has 7 nitrogen and oxygen atoms in total. The van der Waals surface area contributed by atoms with Crippen LogP contribution in [0.4, 0.5) is 4.79 Å². The molecule has 1 aliphatic carbocycles. The van der Waals surface area contributed by atoms with Crippen molar-refractivity contribution in [3.8, 4) is 16.9 Å². The number of hydrogen-bond acceptors (Lipinski definition) is 6. The van der Waals surface area contributed by atoms with Crippen LogP contribution in [0.3, 0.4) is 0 Å². The Labute approximate surface area is 191 Å². The van der Waals surface area contributed by atoms with Gasteiger partial charge in [-0.2, -0.15) is 0 Å². The van der Waals surface area contributed by atoms with E-state index in [0.29, 0.717) is 12.0 Å². The predicted molar refractivity (Wildman–Crippen MR) is 122 cm³/mol. The lowest BCUT2D eigenvalue weighted by Crippen LogP contribution is -2.36. The molecule has 0 aromatic heterocycles. The number of aliphatic hydroxyl groups is 2. The fourth-order valence-corrected chi connectivity index (χ4v) is 4.21. The Morgan fingerprint density at radius 3 is 2.27 bits per heavy atom. The lowest BCUT2D eigenvalue weighted by molar-refractivity contribution is 0.0182. The maximum atomic E-state index is 12.3. The first-order chi connectivity index (χ1) is 16.0. The summed E-state index contributed by atoms with van der Waals surface area (Å²) in [5.74, 6) is 0.382. The number of ether oxygens (including phenoxy) is 2. The van der Waals surface area contributed by atoms with Crippen molar-refractivity contribution in [3.63, 3.8) is 0 Å². The summed E-state index contributed by atoms with van der Waals surface area (Å²) in [7, 11) is 1.47. The number of aldehydes is 1. The highest BCUT2D eigenvalue weighted by Gasteiger charge is 2.29. The highest BCUT2D eigenvalue weighted by atomic mass is 16.5. The van der Waals surface area contributed by atoms with Crippen LogP contribution in [0.1, 0.15) is 39.1 Å². The van der Waals surface area contributed by atoms with Crippen molar-refractivity contribution < 1.29 is 29.3 Å². The van der Waals surface area contributed by atoms with Crippen molar-refractivity contribution in [2.24, 2.45) is 0 Å².